The Hall–Kier alpha value is -1.20. The van der Waals surface area contributed by atoms with Crippen LogP contribution in [0.25, 0.3) is 0 Å². The number of nitrogens with one attached hydrogen (secondary N) is 1. The molecule has 1 aliphatic rings. The maximum absolute atomic E-state index is 14.4. The zero-order valence-corrected chi connectivity index (χ0v) is 13.1. The molecule has 0 aromatic heterocycles. The van der Waals surface area contributed by atoms with Gasteiger partial charge in [0.25, 0.3) is 0 Å². The second-order valence-electron chi connectivity index (χ2n) is 6.09. The summed E-state index contributed by atoms with van der Waals surface area (Å²) in [6, 6.07) is 3.07. The Kier molecular flexibility index (Phi) is 5.17. The zero-order valence-electron chi connectivity index (χ0n) is 13.1. The number of rotatable bonds is 4. The fraction of sp³-hybridized carbons (Fsp3) is 0.625. The first-order valence-corrected chi connectivity index (χ1v) is 7.48. The van der Waals surface area contributed by atoms with Gasteiger partial charge in [-0.15, -0.1) is 0 Å². The average Bonchev–Trinajstić information content (AvgIpc) is 2.39. The average molecular weight is 298 g/mol. The second kappa shape index (κ2) is 6.71. The van der Waals surface area contributed by atoms with Crippen LogP contribution in [0.5, 0.6) is 0 Å². The lowest BCUT2D eigenvalue weighted by atomic mass is 10.1. The van der Waals surface area contributed by atoms with Crippen LogP contribution in [0, 0.1) is 11.6 Å². The lowest BCUT2D eigenvalue weighted by molar-refractivity contribution is 0.0338. The molecule has 3 nitrogen and oxygen atoms in total. The van der Waals surface area contributed by atoms with Crippen LogP contribution in [-0.2, 0) is 11.3 Å². The van der Waals surface area contributed by atoms with Gasteiger partial charge in [0.2, 0.25) is 0 Å². The van der Waals surface area contributed by atoms with Crippen molar-refractivity contribution in [2.75, 3.05) is 18.1 Å². The third kappa shape index (κ3) is 3.92. The molecule has 2 unspecified atom stereocenters. The molecule has 1 saturated heterocycles. The summed E-state index contributed by atoms with van der Waals surface area (Å²) >= 11 is 0. The van der Waals surface area contributed by atoms with Gasteiger partial charge in [-0.2, -0.15) is 0 Å². The topological polar surface area (TPSA) is 24.5 Å². The highest BCUT2D eigenvalue weighted by Gasteiger charge is 2.28. The molecule has 0 amide bonds. The molecule has 0 saturated carbocycles. The molecule has 21 heavy (non-hydrogen) atoms. The molecule has 2 atom stereocenters. The number of hydrogen-bond donors (Lipinski definition) is 1. The van der Waals surface area contributed by atoms with Gasteiger partial charge >= 0.3 is 0 Å². The highest BCUT2D eigenvalue weighted by atomic mass is 19.1. The van der Waals surface area contributed by atoms with Gasteiger partial charge < -0.3 is 15.0 Å². The van der Waals surface area contributed by atoms with E-state index in [9.17, 15) is 8.78 Å². The molecule has 1 fully saturated rings. The third-order valence-corrected chi connectivity index (χ3v) is 3.69. The van der Waals surface area contributed by atoms with Crippen molar-refractivity contribution in [2.24, 2.45) is 0 Å². The van der Waals surface area contributed by atoms with E-state index in [1.54, 1.807) is 4.90 Å². The van der Waals surface area contributed by atoms with Gasteiger partial charge in [-0.25, -0.2) is 8.78 Å². The van der Waals surface area contributed by atoms with Gasteiger partial charge in [0.15, 0.2) is 0 Å². The third-order valence-electron chi connectivity index (χ3n) is 3.69. The number of halogens is 2. The van der Waals surface area contributed by atoms with Gasteiger partial charge in [-0.1, -0.05) is 13.8 Å². The molecule has 0 aliphatic carbocycles. The minimum atomic E-state index is -0.503. The number of morpholine rings is 1. The van der Waals surface area contributed by atoms with E-state index in [0.29, 0.717) is 25.3 Å². The molecular formula is C16H24F2N2O. The van der Waals surface area contributed by atoms with E-state index in [-0.39, 0.29) is 23.9 Å². The number of benzene rings is 1. The van der Waals surface area contributed by atoms with E-state index in [2.05, 4.69) is 5.32 Å². The minimum Gasteiger partial charge on any atom is -0.375 e. The van der Waals surface area contributed by atoms with Crippen molar-refractivity contribution in [1.82, 2.24) is 5.32 Å². The minimum absolute atomic E-state index is 0.0257. The first kappa shape index (κ1) is 16.2. The van der Waals surface area contributed by atoms with E-state index in [4.69, 9.17) is 4.74 Å². The summed E-state index contributed by atoms with van der Waals surface area (Å²) in [5.74, 6) is -1.01. The van der Waals surface area contributed by atoms with Gasteiger partial charge in [0.1, 0.15) is 17.3 Å². The molecule has 1 N–H and O–H groups in total. The molecule has 5 heteroatoms. The summed E-state index contributed by atoms with van der Waals surface area (Å²) in [6.45, 7) is 9.26. The van der Waals surface area contributed by atoms with Gasteiger partial charge in [0, 0.05) is 25.2 Å². The maximum Gasteiger partial charge on any atom is 0.149 e. The maximum atomic E-state index is 14.4. The largest absolute Gasteiger partial charge is 0.375 e. The Labute approximate surface area is 125 Å². The van der Waals surface area contributed by atoms with Crippen LogP contribution >= 0.6 is 0 Å². The van der Waals surface area contributed by atoms with Crippen molar-refractivity contribution in [2.45, 2.75) is 52.4 Å². The monoisotopic (exact) mass is 298 g/mol. The summed E-state index contributed by atoms with van der Waals surface area (Å²) in [4.78, 5) is 1.76. The van der Waals surface area contributed by atoms with Crippen molar-refractivity contribution < 1.29 is 13.5 Å². The predicted molar refractivity (Wildman–Crippen MR) is 80.6 cm³/mol. The number of hydrogen-bond acceptors (Lipinski definition) is 3. The van der Waals surface area contributed by atoms with Crippen LogP contribution in [0.1, 0.15) is 33.3 Å². The molecule has 0 bridgehead atoms. The van der Waals surface area contributed by atoms with Crippen LogP contribution in [0.2, 0.25) is 0 Å². The molecule has 118 valence electrons. The highest BCUT2D eigenvalue weighted by molar-refractivity contribution is 5.52. The first-order valence-electron chi connectivity index (χ1n) is 7.48. The lowest BCUT2D eigenvalue weighted by Gasteiger charge is -2.38. The zero-order chi connectivity index (χ0) is 15.6. The fourth-order valence-electron chi connectivity index (χ4n) is 2.53. The van der Waals surface area contributed by atoms with Crippen LogP contribution in [-0.4, -0.2) is 31.3 Å². The van der Waals surface area contributed by atoms with Crippen molar-refractivity contribution in [3.05, 3.63) is 29.3 Å². The van der Waals surface area contributed by atoms with Crippen molar-refractivity contribution in [1.29, 1.82) is 0 Å². The summed E-state index contributed by atoms with van der Waals surface area (Å²) in [5.41, 5.74) is 0.683. The highest BCUT2D eigenvalue weighted by Crippen LogP contribution is 2.29. The Morgan fingerprint density at radius 2 is 1.90 bits per heavy atom. The van der Waals surface area contributed by atoms with E-state index < -0.39 is 11.6 Å². The molecule has 0 radical (unpaired) electrons. The van der Waals surface area contributed by atoms with Crippen LogP contribution in [0.4, 0.5) is 14.5 Å². The van der Waals surface area contributed by atoms with E-state index >= 15 is 0 Å². The van der Waals surface area contributed by atoms with Crippen molar-refractivity contribution >= 4 is 5.69 Å². The molecule has 0 spiro atoms. The number of anilines is 1. The molecule has 1 aliphatic heterocycles. The van der Waals surface area contributed by atoms with E-state index in [1.165, 1.54) is 12.1 Å². The van der Waals surface area contributed by atoms with Crippen LogP contribution < -0.4 is 10.2 Å². The molecule has 1 aromatic rings. The Morgan fingerprint density at radius 3 is 2.48 bits per heavy atom. The molecule has 1 heterocycles. The first-order chi connectivity index (χ1) is 9.88. The summed E-state index contributed by atoms with van der Waals surface area (Å²) in [7, 11) is 0. The second-order valence-corrected chi connectivity index (χ2v) is 6.09. The summed E-state index contributed by atoms with van der Waals surface area (Å²) < 4.78 is 34.3. The van der Waals surface area contributed by atoms with Gasteiger partial charge in [-0.3, -0.25) is 0 Å². The smallest absolute Gasteiger partial charge is 0.149 e. The normalized spacial score (nSPS) is 22.9. The summed E-state index contributed by atoms with van der Waals surface area (Å²) in [6.07, 6.45) is -0.0257. The number of nitrogens with zero attached hydrogens (tertiary/aromatic N) is 1. The standard InChI is InChI=1S/C16H24F2N2O/c1-10(2)19-7-13-5-14(17)16(15(18)6-13)20-8-12(4)21-9-11(20)3/h5-6,10-12,19H,7-9H2,1-4H3. The SMILES string of the molecule is CC(C)NCc1cc(F)c(N2CC(C)OCC2C)c(F)c1. The Morgan fingerprint density at radius 1 is 1.29 bits per heavy atom. The Bertz CT molecular complexity index is 470. The van der Waals surface area contributed by atoms with E-state index in [1.807, 2.05) is 27.7 Å². The summed E-state index contributed by atoms with van der Waals surface area (Å²) in [5, 5.41) is 3.16. The number of ether oxygens (including phenoxy) is 1. The van der Waals surface area contributed by atoms with Gasteiger partial charge in [-0.05, 0) is 31.5 Å². The van der Waals surface area contributed by atoms with Crippen LogP contribution in [0.3, 0.4) is 0 Å². The quantitative estimate of drug-likeness (QED) is 0.924. The van der Waals surface area contributed by atoms with E-state index in [0.717, 1.165) is 0 Å². The fourth-order valence-corrected chi connectivity index (χ4v) is 2.53. The lowest BCUT2D eigenvalue weighted by Crippen LogP contribution is -2.48. The molecule has 2 rings (SSSR count). The Balaban J connectivity index is 2.24. The predicted octanol–water partition coefficient (Wildman–Crippen LogP) is 3.08. The molecular weight excluding hydrogens is 274 g/mol. The molecule has 1 aromatic carbocycles. The van der Waals surface area contributed by atoms with Gasteiger partial charge in [0.05, 0.1) is 12.7 Å². The van der Waals surface area contributed by atoms with Crippen LogP contribution in [0.15, 0.2) is 12.1 Å². The van der Waals surface area contributed by atoms with Crippen molar-refractivity contribution in [3.63, 3.8) is 0 Å². The van der Waals surface area contributed by atoms with Crippen molar-refractivity contribution in [3.8, 4) is 0 Å².